The molecule has 4 nitrogen and oxygen atoms in total. The van der Waals surface area contributed by atoms with Crippen LogP contribution in [0.15, 0.2) is 42.5 Å². The topological polar surface area (TPSA) is 44.8 Å². The third-order valence-electron chi connectivity index (χ3n) is 4.91. The highest BCUT2D eigenvalue weighted by molar-refractivity contribution is 7.98. The predicted molar refractivity (Wildman–Crippen MR) is 126 cm³/mol. The molecule has 0 saturated heterocycles. The van der Waals surface area contributed by atoms with E-state index in [4.69, 9.17) is 13.8 Å². The number of unbranched alkanes of at least 4 members (excludes halogenated alkanes) is 2. The Hall–Kier alpha value is -1.00. The molecular weight excluding hydrogens is 403 g/mol. The molecule has 0 heterocycles. The zero-order valence-corrected chi connectivity index (χ0v) is 19.7. The molecule has 0 fully saturated rings. The Morgan fingerprint density at radius 1 is 0.931 bits per heavy atom. The van der Waals surface area contributed by atoms with Crippen LogP contribution < -0.4 is 4.74 Å². The minimum atomic E-state index is -3.03. The fourth-order valence-electron chi connectivity index (χ4n) is 3.48. The standard InChI is InChI=1S/C23H35O4PS/c1-4-26-28(24,27-5-2)21(17-19-29-3)14-7-6-10-18-25-23-16-11-13-20-12-8-9-15-22(20)23/h8-9,11-13,15-16,21H,4-7,10,14,17-19H2,1-3H3/t21-/m0/s1. The molecule has 0 amide bonds. The molecule has 0 bridgehead atoms. The summed E-state index contributed by atoms with van der Waals surface area (Å²) in [5, 5.41) is 2.35. The highest BCUT2D eigenvalue weighted by atomic mass is 32.2. The first-order valence-corrected chi connectivity index (χ1v) is 13.6. The second-order valence-corrected chi connectivity index (χ2v) is 10.3. The van der Waals surface area contributed by atoms with Crippen molar-refractivity contribution in [1.29, 1.82) is 0 Å². The molecule has 1 atom stereocenters. The van der Waals surface area contributed by atoms with Gasteiger partial charge in [-0.05, 0) is 56.6 Å². The Morgan fingerprint density at radius 3 is 2.38 bits per heavy atom. The van der Waals surface area contributed by atoms with Gasteiger partial charge in [0, 0.05) is 5.39 Å². The maximum Gasteiger partial charge on any atom is 0.333 e. The van der Waals surface area contributed by atoms with Crippen molar-refractivity contribution in [3.8, 4) is 5.75 Å². The molecule has 0 saturated carbocycles. The summed E-state index contributed by atoms with van der Waals surface area (Å²) in [6.07, 6.45) is 6.83. The van der Waals surface area contributed by atoms with E-state index in [0.29, 0.717) is 19.8 Å². The zero-order chi connectivity index (χ0) is 21.0. The summed E-state index contributed by atoms with van der Waals surface area (Å²) >= 11 is 1.78. The molecule has 0 aliphatic rings. The first-order valence-electron chi connectivity index (χ1n) is 10.6. The van der Waals surface area contributed by atoms with Gasteiger partial charge in [0.05, 0.1) is 25.5 Å². The molecule has 0 aliphatic heterocycles. The minimum absolute atomic E-state index is 0.0196. The van der Waals surface area contributed by atoms with Gasteiger partial charge in [-0.25, -0.2) is 0 Å². The number of ether oxygens (including phenoxy) is 1. The van der Waals surface area contributed by atoms with Crippen LogP contribution in [-0.4, -0.2) is 37.5 Å². The van der Waals surface area contributed by atoms with Gasteiger partial charge in [0.15, 0.2) is 0 Å². The molecule has 0 unspecified atom stereocenters. The van der Waals surface area contributed by atoms with Gasteiger partial charge in [0.2, 0.25) is 0 Å². The van der Waals surface area contributed by atoms with Crippen molar-refractivity contribution in [2.24, 2.45) is 0 Å². The monoisotopic (exact) mass is 438 g/mol. The molecular formula is C23H35O4PS. The average molecular weight is 439 g/mol. The Morgan fingerprint density at radius 2 is 1.66 bits per heavy atom. The number of benzene rings is 2. The minimum Gasteiger partial charge on any atom is -0.493 e. The van der Waals surface area contributed by atoms with Crippen LogP contribution in [0.1, 0.15) is 46.0 Å². The molecule has 0 N–H and O–H groups in total. The summed E-state index contributed by atoms with van der Waals surface area (Å²) in [5.74, 6) is 1.91. The lowest BCUT2D eigenvalue weighted by Gasteiger charge is -2.26. The van der Waals surface area contributed by atoms with Crippen molar-refractivity contribution in [1.82, 2.24) is 0 Å². The van der Waals surface area contributed by atoms with E-state index >= 15 is 0 Å². The van der Waals surface area contributed by atoms with Gasteiger partial charge in [-0.1, -0.05) is 49.2 Å². The highest BCUT2D eigenvalue weighted by Gasteiger charge is 2.34. The lowest BCUT2D eigenvalue weighted by atomic mass is 10.1. The Balaban J connectivity index is 1.81. The van der Waals surface area contributed by atoms with E-state index in [0.717, 1.165) is 49.0 Å². The van der Waals surface area contributed by atoms with Gasteiger partial charge >= 0.3 is 7.60 Å². The maximum atomic E-state index is 13.2. The SMILES string of the molecule is CCOP(=O)(OCC)[C@@H](CCCCCOc1cccc2ccccc12)CCSC. The summed E-state index contributed by atoms with van der Waals surface area (Å²) in [4.78, 5) is 0. The highest BCUT2D eigenvalue weighted by Crippen LogP contribution is 2.56. The normalized spacial score (nSPS) is 12.9. The number of rotatable bonds is 15. The van der Waals surface area contributed by atoms with Crippen LogP contribution >= 0.6 is 19.4 Å². The molecule has 162 valence electrons. The van der Waals surface area contributed by atoms with E-state index in [2.05, 4.69) is 24.5 Å². The van der Waals surface area contributed by atoms with Crippen molar-refractivity contribution < 1.29 is 18.3 Å². The van der Waals surface area contributed by atoms with Crippen molar-refractivity contribution in [2.45, 2.75) is 51.6 Å². The van der Waals surface area contributed by atoms with Gasteiger partial charge in [0.25, 0.3) is 0 Å². The Bertz CT molecular complexity index is 752. The summed E-state index contributed by atoms with van der Waals surface area (Å²) in [6.45, 7) is 5.29. The summed E-state index contributed by atoms with van der Waals surface area (Å²) in [7, 11) is -3.03. The summed E-state index contributed by atoms with van der Waals surface area (Å²) in [5.41, 5.74) is -0.0196. The fourth-order valence-corrected chi connectivity index (χ4v) is 6.34. The quantitative estimate of drug-likeness (QED) is 0.218. The lowest BCUT2D eigenvalue weighted by molar-refractivity contribution is 0.209. The maximum absolute atomic E-state index is 13.2. The second-order valence-electron chi connectivity index (χ2n) is 6.99. The first-order chi connectivity index (χ1) is 14.1. The van der Waals surface area contributed by atoms with Crippen LogP contribution in [0.25, 0.3) is 10.8 Å². The van der Waals surface area contributed by atoms with E-state index in [-0.39, 0.29) is 5.66 Å². The molecule has 6 heteroatoms. The molecule has 29 heavy (non-hydrogen) atoms. The Labute approximate surface area is 180 Å². The number of hydrogen-bond acceptors (Lipinski definition) is 5. The number of hydrogen-bond donors (Lipinski definition) is 0. The average Bonchev–Trinajstić information content (AvgIpc) is 2.73. The lowest BCUT2D eigenvalue weighted by Crippen LogP contribution is -2.15. The van der Waals surface area contributed by atoms with Gasteiger partial charge in [0.1, 0.15) is 5.75 Å². The van der Waals surface area contributed by atoms with E-state index in [9.17, 15) is 4.57 Å². The Kier molecular flexibility index (Phi) is 11.2. The third-order valence-corrected chi connectivity index (χ3v) is 8.20. The van der Waals surface area contributed by atoms with Crippen LogP contribution in [0.4, 0.5) is 0 Å². The molecule has 2 aromatic rings. The van der Waals surface area contributed by atoms with E-state index in [1.54, 1.807) is 11.8 Å². The third kappa shape index (κ3) is 7.64. The van der Waals surface area contributed by atoms with Crippen LogP contribution in [0.2, 0.25) is 0 Å². The van der Waals surface area contributed by atoms with Crippen LogP contribution in [-0.2, 0) is 13.6 Å². The molecule has 0 radical (unpaired) electrons. The van der Waals surface area contributed by atoms with Gasteiger partial charge in [-0.2, -0.15) is 11.8 Å². The molecule has 2 aromatic carbocycles. The summed E-state index contributed by atoms with van der Waals surface area (Å²) in [6, 6.07) is 14.5. The fraction of sp³-hybridized carbons (Fsp3) is 0.565. The van der Waals surface area contributed by atoms with Gasteiger partial charge < -0.3 is 13.8 Å². The van der Waals surface area contributed by atoms with Gasteiger partial charge in [-0.15, -0.1) is 0 Å². The van der Waals surface area contributed by atoms with Crippen molar-refractivity contribution in [2.75, 3.05) is 31.8 Å². The first kappa shape index (κ1) is 24.3. The van der Waals surface area contributed by atoms with Gasteiger partial charge in [-0.3, -0.25) is 4.57 Å². The number of fused-ring (bicyclic) bond motifs is 1. The van der Waals surface area contributed by atoms with Crippen molar-refractivity contribution >= 4 is 30.1 Å². The largest absolute Gasteiger partial charge is 0.493 e. The molecule has 0 aliphatic carbocycles. The van der Waals surface area contributed by atoms with Crippen molar-refractivity contribution in [3.63, 3.8) is 0 Å². The predicted octanol–water partition coefficient (Wildman–Crippen LogP) is 7.17. The van der Waals surface area contributed by atoms with Crippen molar-refractivity contribution in [3.05, 3.63) is 42.5 Å². The number of thioether (sulfide) groups is 1. The smallest absolute Gasteiger partial charge is 0.333 e. The zero-order valence-electron chi connectivity index (χ0n) is 18.0. The van der Waals surface area contributed by atoms with Crippen LogP contribution in [0.5, 0.6) is 5.75 Å². The van der Waals surface area contributed by atoms with E-state index in [1.165, 1.54) is 5.39 Å². The molecule has 2 rings (SSSR count). The van der Waals surface area contributed by atoms with Crippen LogP contribution in [0, 0.1) is 0 Å². The van der Waals surface area contributed by atoms with Crippen LogP contribution in [0.3, 0.4) is 0 Å². The van der Waals surface area contributed by atoms with E-state index < -0.39 is 7.60 Å². The second kappa shape index (κ2) is 13.3. The van der Waals surface area contributed by atoms with E-state index in [1.807, 2.05) is 38.1 Å². The molecule has 0 aromatic heterocycles. The molecule has 0 spiro atoms. The summed E-state index contributed by atoms with van der Waals surface area (Å²) < 4.78 is 30.4.